The average molecular weight is 244 g/mol. The van der Waals surface area contributed by atoms with Gasteiger partial charge in [0.2, 0.25) is 0 Å². The fourth-order valence-corrected chi connectivity index (χ4v) is 2.14. The second-order valence-electron chi connectivity index (χ2n) is 3.05. The van der Waals surface area contributed by atoms with E-state index < -0.39 is 25.7 Å². The van der Waals surface area contributed by atoms with Gasteiger partial charge in [0.05, 0.1) is 15.8 Å². The summed E-state index contributed by atoms with van der Waals surface area (Å²) in [4.78, 5) is 11.7. The molecule has 0 saturated carbocycles. The Morgan fingerprint density at radius 2 is 2.06 bits per heavy atom. The van der Waals surface area contributed by atoms with Crippen LogP contribution in [-0.2, 0) is 10.2 Å². The maximum atomic E-state index is 12.9. The summed E-state index contributed by atoms with van der Waals surface area (Å²) in [6, 6.07) is 3.92. The molecule has 1 heterocycles. The number of hydrogen-bond donors (Lipinski definition) is 1. The molecule has 8 heteroatoms. The molecule has 0 bridgehead atoms. The number of hydrogen-bond acceptors (Lipinski definition) is 4. The molecule has 84 valence electrons. The van der Waals surface area contributed by atoms with Gasteiger partial charge in [0.1, 0.15) is 4.90 Å². The number of halogens is 1. The predicted molar refractivity (Wildman–Crippen MR) is 53.2 cm³/mol. The first-order valence-corrected chi connectivity index (χ1v) is 5.49. The lowest BCUT2D eigenvalue weighted by Gasteiger charge is -1.95. The highest BCUT2D eigenvalue weighted by Crippen LogP contribution is 2.31. The quantitative estimate of drug-likeness (QED) is 0.494. The molecule has 0 spiro atoms. The molecule has 0 unspecified atom stereocenters. The van der Waals surface area contributed by atoms with E-state index in [0.717, 1.165) is 12.3 Å². The van der Waals surface area contributed by atoms with Crippen LogP contribution in [0.3, 0.4) is 0 Å². The van der Waals surface area contributed by atoms with E-state index in [9.17, 15) is 22.4 Å². The van der Waals surface area contributed by atoms with Crippen molar-refractivity contribution in [1.29, 1.82) is 0 Å². The summed E-state index contributed by atoms with van der Waals surface area (Å²) in [7, 11) is -4.98. The molecule has 1 aromatic heterocycles. The molecule has 0 amide bonds. The van der Waals surface area contributed by atoms with Crippen LogP contribution in [0.2, 0.25) is 0 Å². The summed E-state index contributed by atoms with van der Waals surface area (Å²) in [5, 5.41) is 10.4. The molecule has 0 fully saturated rings. The number of nitrogens with zero attached hydrogens (tertiary/aromatic N) is 1. The van der Waals surface area contributed by atoms with Crippen molar-refractivity contribution in [3.05, 3.63) is 34.5 Å². The van der Waals surface area contributed by atoms with Crippen LogP contribution < -0.4 is 0 Å². The minimum atomic E-state index is -4.98. The molecule has 0 atom stereocenters. The Bertz CT molecular complexity index is 676. The first-order valence-electron chi connectivity index (χ1n) is 4.10. The molecule has 0 saturated heterocycles. The fraction of sp³-hybridized carbons (Fsp3) is 0. The van der Waals surface area contributed by atoms with Gasteiger partial charge in [0.15, 0.2) is 0 Å². The number of nitro groups is 1. The van der Waals surface area contributed by atoms with Gasteiger partial charge in [0, 0.05) is 12.3 Å². The van der Waals surface area contributed by atoms with Crippen molar-refractivity contribution in [2.75, 3.05) is 0 Å². The highest BCUT2D eigenvalue weighted by molar-refractivity contribution is 7.86. The maximum Gasteiger partial charge on any atom is 0.334 e. The standard InChI is InChI=1S/C8H5FN2O4S/c9-16(14,15)7-4-10-5-2-1-3-6(8(5)7)11(12)13/h1-4,10H. The van der Waals surface area contributed by atoms with E-state index in [-0.39, 0.29) is 10.9 Å². The summed E-state index contributed by atoms with van der Waals surface area (Å²) in [6.07, 6.45) is 0.896. The summed E-state index contributed by atoms with van der Waals surface area (Å²) < 4.78 is 34.4. The van der Waals surface area contributed by atoms with Gasteiger partial charge in [-0.15, -0.1) is 3.89 Å². The zero-order valence-electron chi connectivity index (χ0n) is 7.68. The van der Waals surface area contributed by atoms with Gasteiger partial charge in [-0.05, 0) is 6.07 Å². The molecular weight excluding hydrogens is 239 g/mol. The third kappa shape index (κ3) is 1.52. The van der Waals surface area contributed by atoms with Crippen LogP contribution in [0.1, 0.15) is 0 Å². The largest absolute Gasteiger partial charge is 0.360 e. The lowest BCUT2D eigenvalue weighted by Crippen LogP contribution is -1.93. The molecule has 2 aromatic rings. The SMILES string of the molecule is O=[N+]([O-])c1cccc2[nH]cc(S(=O)(=O)F)c12. The summed E-state index contributed by atoms with van der Waals surface area (Å²) in [5.41, 5.74) is -0.250. The minimum Gasteiger partial charge on any atom is -0.360 e. The van der Waals surface area contributed by atoms with Crippen molar-refractivity contribution in [3.63, 3.8) is 0 Å². The van der Waals surface area contributed by atoms with Gasteiger partial charge < -0.3 is 4.98 Å². The number of nitro benzene ring substituents is 1. The van der Waals surface area contributed by atoms with Crippen LogP contribution in [0, 0.1) is 10.1 Å². The molecule has 1 aromatic carbocycles. The smallest absolute Gasteiger partial charge is 0.334 e. The number of aromatic amines is 1. The van der Waals surface area contributed by atoms with Crippen molar-refractivity contribution in [2.45, 2.75) is 4.90 Å². The Balaban J connectivity index is 2.94. The van der Waals surface area contributed by atoms with E-state index in [1.807, 2.05) is 0 Å². The third-order valence-corrected chi connectivity index (χ3v) is 2.95. The van der Waals surface area contributed by atoms with Crippen LogP contribution >= 0.6 is 0 Å². The zero-order valence-corrected chi connectivity index (χ0v) is 8.49. The monoisotopic (exact) mass is 244 g/mol. The highest BCUT2D eigenvalue weighted by Gasteiger charge is 2.24. The topological polar surface area (TPSA) is 93.1 Å². The summed E-state index contributed by atoms with van der Waals surface area (Å²) >= 11 is 0. The van der Waals surface area contributed by atoms with E-state index in [0.29, 0.717) is 0 Å². The third-order valence-electron chi connectivity index (χ3n) is 2.11. The number of fused-ring (bicyclic) bond motifs is 1. The van der Waals surface area contributed by atoms with Gasteiger partial charge in [-0.1, -0.05) is 6.07 Å². The van der Waals surface area contributed by atoms with Gasteiger partial charge in [-0.25, -0.2) is 0 Å². The molecule has 1 N–H and O–H groups in total. The average Bonchev–Trinajstić information content (AvgIpc) is 2.59. The second kappa shape index (κ2) is 3.27. The van der Waals surface area contributed by atoms with E-state index in [4.69, 9.17) is 0 Å². The van der Waals surface area contributed by atoms with E-state index in [2.05, 4.69) is 4.98 Å². The number of aromatic nitrogens is 1. The number of H-pyrrole nitrogens is 1. The van der Waals surface area contributed by atoms with Gasteiger partial charge in [0.25, 0.3) is 5.69 Å². The first kappa shape index (κ1) is 10.6. The van der Waals surface area contributed by atoms with Crippen LogP contribution in [0.4, 0.5) is 9.57 Å². The molecule has 16 heavy (non-hydrogen) atoms. The number of non-ortho nitro benzene ring substituents is 1. The zero-order chi connectivity index (χ0) is 11.9. The molecular formula is C8H5FN2O4S. The van der Waals surface area contributed by atoms with Gasteiger partial charge >= 0.3 is 10.2 Å². The second-order valence-corrected chi connectivity index (χ2v) is 4.36. The highest BCUT2D eigenvalue weighted by atomic mass is 32.3. The lowest BCUT2D eigenvalue weighted by molar-refractivity contribution is -0.383. The molecule has 2 rings (SSSR count). The molecule has 0 radical (unpaired) electrons. The van der Waals surface area contributed by atoms with Crippen molar-refractivity contribution in [3.8, 4) is 0 Å². The van der Waals surface area contributed by atoms with E-state index in [1.54, 1.807) is 0 Å². The van der Waals surface area contributed by atoms with Gasteiger partial charge in [-0.3, -0.25) is 10.1 Å². The number of benzene rings is 1. The van der Waals surface area contributed by atoms with Crippen molar-refractivity contribution in [2.24, 2.45) is 0 Å². The Morgan fingerprint density at radius 3 is 2.62 bits per heavy atom. The first-order chi connectivity index (χ1) is 7.41. The van der Waals surface area contributed by atoms with Crippen molar-refractivity contribution >= 4 is 26.8 Å². The molecule has 0 aliphatic heterocycles. The van der Waals surface area contributed by atoms with E-state index >= 15 is 0 Å². The number of nitrogens with one attached hydrogen (secondary N) is 1. The van der Waals surface area contributed by atoms with Crippen LogP contribution in [0.5, 0.6) is 0 Å². The Labute approximate surface area is 89.1 Å². The predicted octanol–water partition coefficient (Wildman–Crippen LogP) is 1.73. The fourth-order valence-electron chi connectivity index (χ4n) is 1.48. The normalized spacial score (nSPS) is 11.8. The maximum absolute atomic E-state index is 12.9. The van der Waals surface area contributed by atoms with Crippen LogP contribution in [-0.4, -0.2) is 18.3 Å². The number of rotatable bonds is 2. The minimum absolute atomic E-state index is 0.199. The van der Waals surface area contributed by atoms with Crippen molar-refractivity contribution < 1.29 is 17.2 Å². The Kier molecular flexibility index (Phi) is 2.16. The van der Waals surface area contributed by atoms with Gasteiger partial charge in [-0.2, -0.15) is 8.42 Å². The van der Waals surface area contributed by atoms with Crippen molar-refractivity contribution in [1.82, 2.24) is 4.98 Å². The summed E-state index contributed by atoms with van der Waals surface area (Å²) in [6.45, 7) is 0. The van der Waals surface area contributed by atoms with E-state index in [1.165, 1.54) is 12.1 Å². The van der Waals surface area contributed by atoms with Crippen LogP contribution in [0.25, 0.3) is 10.9 Å². The lowest BCUT2D eigenvalue weighted by atomic mass is 10.2. The molecule has 6 nitrogen and oxygen atoms in total. The Hall–Kier alpha value is -1.96. The molecule has 0 aliphatic carbocycles. The summed E-state index contributed by atoms with van der Waals surface area (Å²) in [5.74, 6) is 0. The molecule has 0 aliphatic rings. The Morgan fingerprint density at radius 1 is 1.38 bits per heavy atom. The van der Waals surface area contributed by atoms with Crippen LogP contribution in [0.15, 0.2) is 29.3 Å².